The van der Waals surface area contributed by atoms with Crippen molar-refractivity contribution in [1.29, 1.82) is 0 Å². The lowest BCUT2D eigenvalue weighted by molar-refractivity contribution is 0.122. The van der Waals surface area contributed by atoms with Crippen LogP contribution in [0.15, 0.2) is 0 Å². The van der Waals surface area contributed by atoms with Crippen LogP contribution in [0.25, 0.3) is 0 Å². The summed E-state index contributed by atoms with van der Waals surface area (Å²) in [7, 11) is 0. The van der Waals surface area contributed by atoms with Crippen molar-refractivity contribution >= 4 is 6.03 Å². The van der Waals surface area contributed by atoms with Gasteiger partial charge in [-0.05, 0) is 18.8 Å². The lowest BCUT2D eigenvalue weighted by Gasteiger charge is -2.18. The quantitative estimate of drug-likeness (QED) is 0.660. The Morgan fingerprint density at radius 3 is 2.50 bits per heavy atom. The molecular formula is C13H24N2O3. The van der Waals surface area contributed by atoms with Crippen LogP contribution in [0.1, 0.15) is 38.5 Å². The van der Waals surface area contributed by atoms with Gasteiger partial charge in [0.05, 0.1) is 25.4 Å². The topological polar surface area (TPSA) is 70.6 Å². The van der Waals surface area contributed by atoms with Crippen molar-refractivity contribution in [1.82, 2.24) is 10.6 Å². The predicted octanol–water partition coefficient (Wildman–Crippen LogP) is 1.02. The van der Waals surface area contributed by atoms with Gasteiger partial charge in [-0.1, -0.05) is 25.7 Å². The first-order valence-electron chi connectivity index (χ1n) is 7.06. The molecule has 1 heterocycles. The Balaban J connectivity index is 1.64. The van der Waals surface area contributed by atoms with Crippen LogP contribution >= 0.6 is 0 Å². The number of aliphatic hydroxyl groups excluding tert-OH is 1. The second-order valence-corrected chi connectivity index (χ2v) is 5.42. The van der Waals surface area contributed by atoms with Crippen molar-refractivity contribution < 1.29 is 14.6 Å². The van der Waals surface area contributed by atoms with Gasteiger partial charge in [0.25, 0.3) is 0 Å². The maximum absolute atomic E-state index is 11.7. The van der Waals surface area contributed by atoms with E-state index in [-0.39, 0.29) is 12.1 Å². The molecule has 2 fully saturated rings. The van der Waals surface area contributed by atoms with Crippen molar-refractivity contribution in [2.24, 2.45) is 5.92 Å². The maximum Gasteiger partial charge on any atom is 0.315 e. The van der Waals surface area contributed by atoms with Crippen LogP contribution in [0.2, 0.25) is 0 Å². The predicted molar refractivity (Wildman–Crippen MR) is 68.3 cm³/mol. The highest BCUT2D eigenvalue weighted by Crippen LogP contribution is 2.21. The number of amides is 2. The Labute approximate surface area is 108 Å². The lowest BCUT2D eigenvalue weighted by atomic mass is 10.0. The molecule has 0 radical (unpaired) electrons. The van der Waals surface area contributed by atoms with Crippen LogP contribution in [0.3, 0.4) is 0 Å². The fraction of sp³-hybridized carbons (Fsp3) is 0.923. The fourth-order valence-electron chi connectivity index (χ4n) is 2.71. The third-order valence-electron chi connectivity index (χ3n) is 3.89. The smallest absolute Gasteiger partial charge is 0.315 e. The first-order chi connectivity index (χ1) is 8.75. The lowest BCUT2D eigenvalue weighted by Crippen LogP contribution is -2.48. The number of rotatable bonds is 3. The third-order valence-corrected chi connectivity index (χ3v) is 3.89. The van der Waals surface area contributed by atoms with Gasteiger partial charge in [-0.2, -0.15) is 0 Å². The Kier molecular flexibility index (Phi) is 5.26. The molecule has 0 unspecified atom stereocenters. The monoisotopic (exact) mass is 256 g/mol. The molecule has 1 saturated carbocycles. The summed E-state index contributed by atoms with van der Waals surface area (Å²) in [5.74, 6) is 0.614. The van der Waals surface area contributed by atoms with E-state index >= 15 is 0 Å². The molecule has 0 aromatic rings. The number of urea groups is 1. The summed E-state index contributed by atoms with van der Waals surface area (Å²) in [5, 5.41) is 15.2. The summed E-state index contributed by atoms with van der Waals surface area (Å²) in [6.07, 6.45) is 7.08. The van der Waals surface area contributed by atoms with Crippen LogP contribution in [-0.2, 0) is 4.74 Å². The number of ether oxygens (including phenoxy) is 1. The molecule has 18 heavy (non-hydrogen) atoms. The molecule has 0 bridgehead atoms. The number of hydrogen-bond donors (Lipinski definition) is 3. The van der Waals surface area contributed by atoms with Gasteiger partial charge in [-0.25, -0.2) is 4.79 Å². The van der Waals surface area contributed by atoms with Gasteiger partial charge in [-0.3, -0.25) is 0 Å². The summed E-state index contributed by atoms with van der Waals surface area (Å²) in [5.41, 5.74) is 0. The van der Waals surface area contributed by atoms with E-state index in [0.29, 0.717) is 19.1 Å². The van der Waals surface area contributed by atoms with Crippen molar-refractivity contribution in [2.75, 3.05) is 19.8 Å². The van der Waals surface area contributed by atoms with Gasteiger partial charge in [0.1, 0.15) is 0 Å². The Bertz CT molecular complexity index is 265. The number of carbonyl (C=O) groups is 1. The van der Waals surface area contributed by atoms with Crippen molar-refractivity contribution in [2.45, 2.75) is 50.7 Å². The van der Waals surface area contributed by atoms with Crippen LogP contribution < -0.4 is 10.6 Å². The minimum atomic E-state index is -0.575. The van der Waals surface area contributed by atoms with Crippen molar-refractivity contribution in [3.05, 3.63) is 0 Å². The first kappa shape index (κ1) is 13.6. The summed E-state index contributed by atoms with van der Waals surface area (Å²) in [6, 6.07) is -0.451. The minimum Gasteiger partial charge on any atom is -0.388 e. The average molecular weight is 256 g/mol. The first-order valence-corrected chi connectivity index (χ1v) is 7.06. The summed E-state index contributed by atoms with van der Waals surface area (Å²) >= 11 is 0. The fourth-order valence-corrected chi connectivity index (χ4v) is 2.71. The van der Waals surface area contributed by atoms with Gasteiger partial charge in [0.2, 0.25) is 0 Å². The molecule has 2 rings (SSSR count). The largest absolute Gasteiger partial charge is 0.388 e. The number of carbonyl (C=O) groups excluding carboxylic acids is 1. The van der Waals surface area contributed by atoms with E-state index in [1.165, 1.54) is 38.5 Å². The highest BCUT2D eigenvalue weighted by Gasteiger charge is 2.27. The second-order valence-electron chi connectivity index (χ2n) is 5.42. The van der Waals surface area contributed by atoms with Crippen LogP contribution in [0, 0.1) is 5.92 Å². The van der Waals surface area contributed by atoms with E-state index in [2.05, 4.69) is 10.6 Å². The third kappa shape index (κ3) is 4.14. The summed E-state index contributed by atoms with van der Waals surface area (Å²) < 4.78 is 5.09. The number of hydrogen-bond acceptors (Lipinski definition) is 3. The van der Waals surface area contributed by atoms with Crippen molar-refractivity contribution in [3.8, 4) is 0 Å². The summed E-state index contributed by atoms with van der Waals surface area (Å²) in [6.45, 7) is 1.46. The zero-order valence-corrected chi connectivity index (χ0v) is 10.9. The van der Waals surface area contributed by atoms with E-state index in [1.807, 2.05) is 0 Å². The molecule has 3 N–H and O–H groups in total. The standard InChI is InChI=1S/C13H24N2O3/c16-12-9-18-8-11(12)15-13(17)14-7-10-5-3-1-2-4-6-10/h10-12,16H,1-9H2,(H2,14,15,17)/t11-,12-/m1/s1. The van der Waals surface area contributed by atoms with Gasteiger partial charge in [0.15, 0.2) is 0 Å². The molecule has 1 aliphatic carbocycles. The Morgan fingerprint density at radius 1 is 1.17 bits per heavy atom. The molecule has 5 nitrogen and oxygen atoms in total. The molecule has 2 atom stereocenters. The zero-order chi connectivity index (χ0) is 12.8. The van der Waals surface area contributed by atoms with E-state index in [0.717, 1.165) is 6.54 Å². The molecular weight excluding hydrogens is 232 g/mol. The maximum atomic E-state index is 11.7. The molecule has 2 amide bonds. The van der Waals surface area contributed by atoms with E-state index < -0.39 is 6.10 Å². The van der Waals surface area contributed by atoms with Gasteiger partial charge >= 0.3 is 6.03 Å². The van der Waals surface area contributed by atoms with Crippen LogP contribution in [0.5, 0.6) is 0 Å². The molecule has 0 aromatic carbocycles. The van der Waals surface area contributed by atoms with Crippen LogP contribution in [0.4, 0.5) is 4.79 Å². The number of aliphatic hydroxyl groups is 1. The molecule has 1 aliphatic heterocycles. The second kappa shape index (κ2) is 6.95. The molecule has 5 heteroatoms. The molecule has 2 aliphatic rings. The van der Waals surface area contributed by atoms with Gasteiger partial charge in [0, 0.05) is 6.54 Å². The van der Waals surface area contributed by atoms with E-state index in [1.54, 1.807) is 0 Å². The highest BCUT2D eigenvalue weighted by atomic mass is 16.5. The summed E-state index contributed by atoms with van der Waals surface area (Å²) in [4.78, 5) is 11.7. The molecule has 0 aromatic heterocycles. The Hall–Kier alpha value is -0.810. The van der Waals surface area contributed by atoms with Crippen LogP contribution in [-0.4, -0.2) is 43.0 Å². The number of nitrogens with one attached hydrogen (secondary N) is 2. The molecule has 0 spiro atoms. The van der Waals surface area contributed by atoms with E-state index in [4.69, 9.17) is 4.74 Å². The Morgan fingerprint density at radius 2 is 1.89 bits per heavy atom. The zero-order valence-electron chi connectivity index (χ0n) is 10.9. The van der Waals surface area contributed by atoms with Crippen molar-refractivity contribution in [3.63, 3.8) is 0 Å². The van der Waals surface area contributed by atoms with E-state index in [9.17, 15) is 9.90 Å². The SMILES string of the molecule is O=C(NCC1CCCCCC1)N[C@@H]1COC[C@H]1O. The molecule has 1 saturated heterocycles. The molecule has 104 valence electrons. The highest BCUT2D eigenvalue weighted by molar-refractivity contribution is 5.74. The normalized spacial score (nSPS) is 29.8. The van der Waals surface area contributed by atoms with Gasteiger partial charge in [-0.15, -0.1) is 0 Å². The minimum absolute atomic E-state index is 0.186. The van der Waals surface area contributed by atoms with Gasteiger partial charge < -0.3 is 20.5 Å². The average Bonchev–Trinajstić information content (AvgIpc) is 2.63.